The molecule has 186 valence electrons. The second-order valence-corrected chi connectivity index (χ2v) is 10.8. The Hall–Kier alpha value is -3.81. The fraction of sp³-hybridized carbons (Fsp3) is 0.240. The van der Waals surface area contributed by atoms with Gasteiger partial charge in [-0.05, 0) is 42.8 Å². The van der Waals surface area contributed by atoms with Crippen molar-refractivity contribution in [3.05, 3.63) is 70.8 Å². The monoisotopic (exact) mass is 525 g/mol. The van der Waals surface area contributed by atoms with Gasteiger partial charge >= 0.3 is 0 Å². The number of nitrogens with two attached hydrogens (primary N) is 1. The Kier molecular flexibility index (Phi) is 7.33. The van der Waals surface area contributed by atoms with Crippen LogP contribution in [-0.2, 0) is 22.2 Å². The first-order valence-corrected chi connectivity index (χ1v) is 13.5. The fourth-order valence-corrected chi connectivity index (χ4v) is 4.56. The van der Waals surface area contributed by atoms with Gasteiger partial charge in [0.25, 0.3) is 0 Å². The maximum Gasteiger partial charge on any atom is 0.155 e. The lowest BCUT2D eigenvalue weighted by Gasteiger charge is -2.13. The quantitative estimate of drug-likeness (QED) is 0.339. The molecule has 2 aromatic carbocycles. The highest BCUT2D eigenvalue weighted by Crippen LogP contribution is 2.33. The molecule has 0 aliphatic heterocycles. The summed E-state index contributed by atoms with van der Waals surface area (Å²) in [5.41, 5.74) is 8.27. The van der Waals surface area contributed by atoms with Crippen molar-refractivity contribution in [2.45, 2.75) is 25.7 Å². The number of hydrogen-bond acceptors (Lipinski definition) is 8. The minimum Gasteiger partial charge on any atom is -0.491 e. The number of benzene rings is 2. The molecule has 0 amide bonds. The van der Waals surface area contributed by atoms with Crippen molar-refractivity contribution in [2.24, 2.45) is 0 Å². The highest BCUT2D eigenvalue weighted by Gasteiger charge is 2.14. The molecule has 0 bridgehead atoms. The largest absolute Gasteiger partial charge is 0.491 e. The summed E-state index contributed by atoms with van der Waals surface area (Å²) < 4.78 is 36.6. The maximum absolute atomic E-state index is 11.6. The number of fused-ring (bicyclic) bond motifs is 1. The smallest absolute Gasteiger partial charge is 0.155 e. The van der Waals surface area contributed by atoms with Crippen molar-refractivity contribution >= 4 is 38.2 Å². The van der Waals surface area contributed by atoms with Gasteiger partial charge in [-0.15, -0.1) is 0 Å². The van der Waals surface area contributed by atoms with Gasteiger partial charge < -0.3 is 19.8 Å². The summed E-state index contributed by atoms with van der Waals surface area (Å²) in [4.78, 5) is 8.22. The van der Waals surface area contributed by atoms with Crippen molar-refractivity contribution in [1.82, 2.24) is 14.5 Å². The van der Waals surface area contributed by atoms with Crippen molar-refractivity contribution in [1.29, 1.82) is 5.26 Å². The standard InChI is InChI=1S/C25H24ClN5O4S/c1-3-8-34-25-17(13-27)9-19(12-21(25)26)31-7-6-16-10-20(4-5-22(16)31)35-14-18-11-23(28)30-24(29-18)15-36(2,32)33/h4-7,9-12H,3,8,14-15H2,1-2H3,(H2,28,29,30). The van der Waals surface area contributed by atoms with Gasteiger partial charge in [-0.25, -0.2) is 18.4 Å². The third-order valence-electron chi connectivity index (χ3n) is 5.16. The third-order valence-corrected chi connectivity index (χ3v) is 6.23. The average Bonchev–Trinajstić information content (AvgIpc) is 3.23. The molecule has 0 saturated carbocycles. The van der Waals surface area contributed by atoms with E-state index in [4.69, 9.17) is 26.8 Å². The summed E-state index contributed by atoms with van der Waals surface area (Å²) in [5.74, 6) is 0.998. The van der Waals surface area contributed by atoms with Gasteiger partial charge in [-0.3, -0.25) is 0 Å². The molecule has 2 N–H and O–H groups in total. The van der Waals surface area contributed by atoms with Crippen molar-refractivity contribution in [2.75, 3.05) is 18.6 Å². The number of halogens is 1. The van der Waals surface area contributed by atoms with Crippen LogP contribution in [0.25, 0.3) is 16.6 Å². The molecule has 0 fully saturated rings. The molecule has 0 aliphatic carbocycles. The zero-order valence-electron chi connectivity index (χ0n) is 19.7. The molecule has 36 heavy (non-hydrogen) atoms. The van der Waals surface area contributed by atoms with Crippen LogP contribution in [0, 0.1) is 11.3 Å². The molecule has 11 heteroatoms. The van der Waals surface area contributed by atoms with Crippen molar-refractivity contribution in [3.63, 3.8) is 0 Å². The Morgan fingerprint density at radius 1 is 1.14 bits per heavy atom. The van der Waals surface area contributed by atoms with Gasteiger partial charge in [0.1, 0.15) is 35.8 Å². The van der Waals surface area contributed by atoms with E-state index in [2.05, 4.69) is 16.0 Å². The Morgan fingerprint density at radius 3 is 2.67 bits per heavy atom. The van der Waals surface area contributed by atoms with Crippen molar-refractivity contribution < 1.29 is 17.9 Å². The van der Waals surface area contributed by atoms with Gasteiger partial charge in [0.2, 0.25) is 0 Å². The molecule has 4 rings (SSSR count). The number of aromatic nitrogens is 3. The summed E-state index contributed by atoms with van der Waals surface area (Å²) in [5, 5.41) is 10.9. The molecule has 2 heterocycles. The molecule has 0 atom stereocenters. The van der Waals surface area contributed by atoms with E-state index >= 15 is 0 Å². The predicted octanol–water partition coefficient (Wildman–Crippen LogP) is 4.44. The molecule has 0 aliphatic rings. The van der Waals surface area contributed by atoms with Gasteiger partial charge in [0.15, 0.2) is 15.6 Å². The molecule has 4 aromatic rings. The summed E-state index contributed by atoms with van der Waals surface area (Å²) in [7, 11) is -3.29. The van der Waals surface area contributed by atoms with E-state index < -0.39 is 9.84 Å². The topological polar surface area (TPSA) is 133 Å². The minimum atomic E-state index is -3.29. The number of nitrogens with zero attached hydrogens (tertiary/aromatic N) is 4. The van der Waals surface area contributed by atoms with Crippen LogP contribution in [0.15, 0.2) is 48.7 Å². The van der Waals surface area contributed by atoms with Crippen LogP contribution >= 0.6 is 11.6 Å². The summed E-state index contributed by atoms with van der Waals surface area (Å²) in [6.45, 7) is 2.55. The number of sulfone groups is 1. The Morgan fingerprint density at radius 2 is 1.94 bits per heavy atom. The van der Waals surface area contributed by atoms with E-state index in [9.17, 15) is 13.7 Å². The van der Waals surface area contributed by atoms with E-state index in [0.717, 1.165) is 29.3 Å². The van der Waals surface area contributed by atoms with Gasteiger partial charge in [0.05, 0.1) is 28.4 Å². The van der Waals surface area contributed by atoms with Crippen LogP contribution in [0.3, 0.4) is 0 Å². The second kappa shape index (κ2) is 10.4. The van der Waals surface area contributed by atoms with Gasteiger partial charge in [-0.2, -0.15) is 5.26 Å². The van der Waals surface area contributed by atoms with E-state index in [1.165, 1.54) is 0 Å². The normalized spacial score (nSPS) is 11.4. The lowest BCUT2D eigenvalue weighted by molar-refractivity contribution is 0.301. The van der Waals surface area contributed by atoms with Crippen LogP contribution in [0.5, 0.6) is 11.5 Å². The Balaban J connectivity index is 1.57. The first kappa shape index (κ1) is 25.3. The van der Waals surface area contributed by atoms with Crippen LogP contribution in [0.1, 0.15) is 30.4 Å². The predicted molar refractivity (Wildman–Crippen MR) is 138 cm³/mol. The Bertz CT molecular complexity index is 1580. The highest BCUT2D eigenvalue weighted by molar-refractivity contribution is 7.89. The van der Waals surface area contributed by atoms with Crippen molar-refractivity contribution in [3.8, 4) is 23.3 Å². The van der Waals surface area contributed by atoms with Crippen LogP contribution in [-0.4, -0.2) is 35.8 Å². The third kappa shape index (κ3) is 5.87. The van der Waals surface area contributed by atoms with Gasteiger partial charge in [0, 0.05) is 29.6 Å². The molecule has 0 saturated heterocycles. The SMILES string of the molecule is CCCOc1c(Cl)cc(-n2ccc3cc(OCc4cc(N)nc(CS(C)(=O)=O)n4)ccc32)cc1C#N. The highest BCUT2D eigenvalue weighted by atomic mass is 35.5. The molecule has 0 spiro atoms. The van der Waals surface area contributed by atoms with Crippen LogP contribution < -0.4 is 15.2 Å². The maximum atomic E-state index is 11.6. The molecular formula is C25H24ClN5O4S. The number of ether oxygens (including phenoxy) is 2. The van der Waals surface area contributed by atoms with Crippen LogP contribution in [0.4, 0.5) is 5.82 Å². The number of anilines is 1. The summed E-state index contributed by atoms with van der Waals surface area (Å²) in [6, 6.07) is 14.7. The Labute approximate surface area is 214 Å². The second-order valence-electron chi connectivity index (χ2n) is 8.23. The lowest BCUT2D eigenvalue weighted by Crippen LogP contribution is -2.10. The lowest BCUT2D eigenvalue weighted by atomic mass is 10.2. The van der Waals surface area contributed by atoms with E-state index in [1.54, 1.807) is 18.2 Å². The fourth-order valence-electron chi connectivity index (χ4n) is 3.69. The first-order valence-electron chi connectivity index (χ1n) is 11.1. The number of hydrogen-bond donors (Lipinski definition) is 1. The molecule has 2 aromatic heterocycles. The molecule has 0 radical (unpaired) electrons. The summed E-state index contributed by atoms with van der Waals surface area (Å²) in [6.07, 6.45) is 3.80. The van der Waals surface area contributed by atoms with E-state index in [0.29, 0.717) is 34.4 Å². The van der Waals surface area contributed by atoms with E-state index in [1.807, 2.05) is 42.0 Å². The number of nitrogen functional groups attached to an aromatic ring is 1. The first-order chi connectivity index (χ1) is 17.2. The number of nitriles is 1. The zero-order valence-corrected chi connectivity index (χ0v) is 21.3. The zero-order chi connectivity index (χ0) is 25.9. The van der Waals surface area contributed by atoms with Gasteiger partial charge in [-0.1, -0.05) is 18.5 Å². The summed E-state index contributed by atoms with van der Waals surface area (Å²) >= 11 is 6.44. The molecular weight excluding hydrogens is 502 g/mol. The molecule has 0 unspecified atom stereocenters. The average molecular weight is 526 g/mol. The van der Waals surface area contributed by atoms with Crippen LogP contribution in [0.2, 0.25) is 5.02 Å². The molecule has 9 nitrogen and oxygen atoms in total. The van der Waals surface area contributed by atoms with E-state index in [-0.39, 0.29) is 24.0 Å². The minimum absolute atomic E-state index is 0.0933. The number of rotatable bonds is 9.